The molecule has 0 heterocycles. The van der Waals surface area contributed by atoms with Gasteiger partial charge in [-0.05, 0) is 22.4 Å². The van der Waals surface area contributed by atoms with Crippen molar-refractivity contribution in [3.63, 3.8) is 0 Å². The maximum Gasteiger partial charge on any atom is 0.307 e. The van der Waals surface area contributed by atoms with Crippen LogP contribution >= 0.6 is 0 Å². The molecule has 1 N–H and O–H groups in total. The Morgan fingerprint density at radius 2 is 1.82 bits per heavy atom. The summed E-state index contributed by atoms with van der Waals surface area (Å²) in [6.07, 6.45) is -0.112. The summed E-state index contributed by atoms with van der Waals surface area (Å²) in [7, 11) is 1.48. The Balaban J connectivity index is 2.45. The second-order valence-electron chi connectivity index (χ2n) is 5.08. The Morgan fingerprint density at radius 1 is 1.09 bits per heavy atom. The van der Waals surface area contributed by atoms with Crippen LogP contribution in [0.2, 0.25) is 0 Å². The minimum absolute atomic E-state index is 0.112. The lowest BCUT2D eigenvalue weighted by atomic mass is 10.1. The zero-order valence-electron chi connectivity index (χ0n) is 12.0. The van der Waals surface area contributed by atoms with Crippen LogP contribution in [-0.4, -0.2) is 18.2 Å². The van der Waals surface area contributed by atoms with E-state index in [1.807, 2.05) is 30.3 Å². The topological polar surface area (TPSA) is 63.6 Å². The minimum Gasteiger partial charge on any atom is -0.496 e. The van der Waals surface area contributed by atoms with E-state index in [2.05, 4.69) is 0 Å². The first-order valence-electron chi connectivity index (χ1n) is 6.84. The van der Waals surface area contributed by atoms with E-state index in [1.165, 1.54) is 7.11 Å². The third kappa shape index (κ3) is 2.39. The number of carbonyl (C=O) groups is 1. The Kier molecular flexibility index (Phi) is 3.51. The van der Waals surface area contributed by atoms with Gasteiger partial charge < -0.3 is 9.84 Å². The molecule has 0 atom stereocenters. The van der Waals surface area contributed by atoms with Crippen LogP contribution in [0.3, 0.4) is 0 Å². The number of hydrogen-bond donors (Lipinski definition) is 1. The first-order valence-corrected chi connectivity index (χ1v) is 6.84. The van der Waals surface area contributed by atoms with E-state index in [4.69, 9.17) is 9.84 Å². The molecule has 3 rings (SSSR count). The normalized spacial score (nSPS) is 10.8. The van der Waals surface area contributed by atoms with Gasteiger partial charge in [0.15, 0.2) is 5.43 Å². The van der Waals surface area contributed by atoms with Crippen molar-refractivity contribution in [1.82, 2.24) is 0 Å². The van der Waals surface area contributed by atoms with Gasteiger partial charge in [0.25, 0.3) is 0 Å². The molecule has 0 aliphatic heterocycles. The van der Waals surface area contributed by atoms with Gasteiger partial charge in [0.2, 0.25) is 0 Å². The Morgan fingerprint density at radius 3 is 2.55 bits per heavy atom. The molecule has 3 aromatic carbocycles. The maximum atomic E-state index is 12.8. The Hall–Kier alpha value is -2.88. The van der Waals surface area contributed by atoms with E-state index in [1.54, 1.807) is 18.2 Å². The van der Waals surface area contributed by atoms with Crippen molar-refractivity contribution in [1.29, 1.82) is 0 Å². The summed E-state index contributed by atoms with van der Waals surface area (Å²) in [5.74, 6) is -0.519. The van der Waals surface area contributed by atoms with E-state index in [-0.39, 0.29) is 11.8 Å². The Bertz CT molecular complexity index is 944. The smallest absolute Gasteiger partial charge is 0.307 e. The quantitative estimate of drug-likeness (QED) is 0.806. The van der Waals surface area contributed by atoms with Crippen molar-refractivity contribution in [3.05, 3.63) is 64.3 Å². The molecule has 110 valence electrons. The lowest BCUT2D eigenvalue weighted by Crippen LogP contribution is -2.04. The highest BCUT2D eigenvalue weighted by Crippen LogP contribution is 2.26. The van der Waals surface area contributed by atoms with Gasteiger partial charge >= 0.3 is 5.97 Å². The molecule has 0 fully saturated rings. The molecule has 4 nitrogen and oxygen atoms in total. The second kappa shape index (κ2) is 5.48. The molecule has 0 bridgehead atoms. The zero-order valence-corrected chi connectivity index (χ0v) is 12.0. The third-order valence-electron chi connectivity index (χ3n) is 3.64. The minimum atomic E-state index is -0.922. The number of aliphatic carboxylic acids is 1. The van der Waals surface area contributed by atoms with Gasteiger partial charge in [-0.3, -0.25) is 9.59 Å². The van der Waals surface area contributed by atoms with Gasteiger partial charge in [-0.1, -0.05) is 42.5 Å². The molecule has 0 saturated heterocycles. The lowest BCUT2D eigenvalue weighted by molar-refractivity contribution is -0.136. The van der Waals surface area contributed by atoms with Crippen LogP contribution in [0.15, 0.2) is 53.3 Å². The van der Waals surface area contributed by atoms with Gasteiger partial charge in [-0.25, -0.2) is 0 Å². The summed E-state index contributed by atoms with van der Waals surface area (Å²) in [6, 6.07) is 14.4. The van der Waals surface area contributed by atoms with E-state index in [9.17, 15) is 9.59 Å². The van der Waals surface area contributed by atoms with Gasteiger partial charge in [0.1, 0.15) is 5.75 Å². The number of rotatable bonds is 3. The molecular formula is C18H14O4. The highest BCUT2D eigenvalue weighted by molar-refractivity contribution is 5.97. The summed E-state index contributed by atoms with van der Waals surface area (Å²) in [4.78, 5) is 23.7. The highest BCUT2D eigenvalue weighted by Gasteiger charge is 2.11. The van der Waals surface area contributed by atoms with Crippen LogP contribution in [0.1, 0.15) is 5.56 Å². The van der Waals surface area contributed by atoms with Crippen LogP contribution < -0.4 is 10.2 Å². The molecular weight excluding hydrogens is 280 g/mol. The SMILES string of the molecule is COc1cc(CC(=O)O)cc2ccc3ccccc3c(=O)c12. The fourth-order valence-corrected chi connectivity index (χ4v) is 2.67. The standard InChI is InChI=1S/C18H14O4/c1-22-15-9-11(10-16(19)20)8-13-7-6-12-4-2-3-5-14(12)18(21)17(13)15/h2-9H,10H2,1H3,(H,19,20). The van der Waals surface area contributed by atoms with E-state index >= 15 is 0 Å². The second-order valence-corrected chi connectivity index (χ2v) is 5.08. The van der Waals surface area contributed by atoms with Crippen LogP contribution in [-0.2, 0) is 11.2 Å². The number of fused-ring (bicyclic) bond motifs is 2. The van der Waals surface area contributed by atoms with Crippen molar-refractivity contribution in [2.75, 3.05) is 7.11 Å². The number of benzene rings is 2. The van der Waals surface area contributed by atoms with Gasteiger partial charge in [0.05, 0.1) is 18.9 Å². The zero-order chi connectivity index (χ0) is 15.7. The largest absolute Gasteiger partial charge is 0.496 e. The van der Waals surface area contributed by atoms with Gasteiger partial charge in [0, 0.05) is 5.39 Å². The molecule has 0 spiro atoms. The Labute approximate surface area is 126 Å². The van der Waals surface area contributed by atoms with Crippen LogP contribution in [0, 0.1) is 0 Å². The highest BCUT2D eigenvalue weighted by atomic mass is 16.5. The average molecular weight is 294 g/mol. The van der Waals surface area contributed by atoms with Crippen molar-refractivity contribution in [3.8, 4) is 5.75 Å². The van der Waals surface area contributed by atoms with Crippen molar-refractivity contribution >= 4 is 27.5 Å². The number of methoxy groups -OCH3 is 1. The predicted molar refractivity (Wildman–Crippen MR) is 85.6 cm³/mol. The van der Waals surface area contributed by atoms with E-state index in [0.717, 1.165) is 5.39 Å². The molecule has 3 aromatic rings. The number of carboxylic acid groups (broad SMARTS) is 1. The molecule has 22 heavy (non-hydrogen) atoms. The van der Waals surface area contributed by atoms with Crippen LogP contribution in [0.25, 0.3) is 21.5 Å². The molecule has 0 unspecified atom stereocenters. The van der Waals surface area contributed by atoms with E-state index < -0.39 is 5.97 Å². The molecule has 0 radical (unpaired) electrons. The van der Waals surface area contributed by atoms with Crippen molar-refractivity contribution in [2.45, 2.75) is 6.42 Å². The summed E-state index contributed by atoms with van der Waals surface area (Å²) >= 11 is 0. The molecule has 0 saturated carbocycles. The lowest BCUT2D eigenvalue weighted by Gasteiger charge is -2.06. The summed E-state index contributed by atoms with van der Waals surface area (Å²) in [5.41, 5.74) is 0.487. The fraction of sp³-hybridized carbons (Fsp3) is 0.111. The molecule has 0 aromatic heterocycles. The number of ether oxygens (including phenoxy) is 1. The molecule has 0 aliphatic rings. The average Bonchev–Trinajstić information content (AvgIpc) is 2.64. The monoisotopic (exact) mass is 294 g/mol. The van der Waals surface area contributed by atoms with Crippen LogP contribution in [0.5, 0.6) is 5.75 Å². The maximum absolute atomic E-state index is 12.8. The van der Waals surface area contributed by atoms with Gasteiger partial charge in [-0.15, -0.1) is 0 Å². The summed E-state index contributed by atoms with van der Waals surface area (Å²) in [6.45, 7) is 0. The third-order valence-corrected chi connectivity index (χ3v) is 3.64. The number of hydrogen-bond acceptors (Lipinski definition) is 3. The number of carboxylic acids is 1. The first-order chi connectivity index (χ1) is 10.6. The van der Waals surface area contributed by atoms with Crippen molar-refractivity contribution in [2.24, 2.45) is 0 Å². The predicted octanol–water partition coefficient (Wildman–Crippen LogP) is 2.99. The van der Waals surface area contributed by atoms with Crippen LogP contribution in [0.4, 0.5) is 0 Å². The molecule has 0 aliphatic carbocycles. The van der Waals surface area contributed by atoms with E-state index in [0.29, 0.717) is 27.5 Å². The summed E-state index contributed by atoms with van der Waals surface area (Å²) < 4.78 is 5.33. The van der Waals surface area contributed by atoms with Gasteiger partial charge in [-0.2, -0.15) is 0 Å². The fourth-order valence-electron chi connectivity index (χ4n) is 2.67. The summed E-state index contributed by atoms with van der Waals surface area (Å²) in [5, 5.41) is 11.6. The molecule has 0 amide bonds. The van der Waals surface area contributed by atoms with Crippen molar-refractivity contribution < 1.29 is 14.6 Å². The molecule has 4 heteroatoms. The first kappa shape index (κ1) is 14.1.